The Kier molecular flexibility index (Phi) is 3.34. The van der Waals surface area contributed by atoms with Crippen molar-refractivity contribution in [3.05, 3.63) is 10.0 Å². The molecule has 0 radical (unpaired) electrons. The van der Waals surface area contributed by atoms with Gasteiger partial charge in [0.15, 0.2) is 0 Å². The van der Waals surface area contributed by atoms with Gasteiger partial charge in [0, 0.05) is 12.5 Å². The van der Waals surface area contributed by atoms with E-state index >= 15 is 0 Å². The molecule has 0 bridgehead atoms. The van der Waals surface area contributed by atoms with Gasteiger partial charge in [-0.1, -0.05) is 25.2 Å². The van der Waals surface area contributed by atoms with Gasteiger partial charge in [-0.25, -0.2) is 0 Å². The monoisotopic (exact) mass is 268 g/mol. The molecule has 1 aromatic heterocycles. The summed E-state index contributed by atoms with van der Waals surface area (Å²) in [5, 5.41) is 14.4. The van der Waals surface area contributed by atoms with Crippen LogP contribution in [0.3, 0.4) is 0 Å². The third-order valence-electron chi connectivity index (χ3n) is 2.93. The van der Waals surface area contributed by atoms with Crippen LogP contribution in [0, 0.1) is 0 Å². The maximum Gasteiger partial charge on any atom is 0.283 e. The molecule has 1 aliphatic rings. The van der Waals surface area contributed by atoms with Crippen LogP contribution in [-0.4, -0.2) is 34.1 Å². The summed E-state index contributed by atoms with van der Waals surface area (Å²) in [6.45, 7) is 6.29. The first-order valence-corrected chi connectivity index (χ1v) is 6.68. The molecule has 0 aliphatic carbocycles. The van der Waals surface area contributed by atoms with Crippen molar-refractivity contribution in [3.63, 3.8) is 0 Å². The van der Waals surface area contributed by atoms with Crippen molar-refractivity contribution < 1.29 is 9.59 Å². The zero-order chi connectivity index (χ0) is 13.3. The molecular formula is C11H16N4O2S. The lowest BCUT2D eigenvalue weighted by molar-refractivity contribution is -0.123. The van der Waals surface area contributed by atoms with Gasteiger partial charge in [0.2, 0.25) is 10.9 Å². The predicted octanol–water partition coefficient (Wildman–Crippen LogP) is 0.670. The van der Waals surface area contributed by atoms with Crippen LogP contribution in [0.1, 0.15) is 47.9 Å². The van der Waals surface area contributed by atoms with Crippen LogP contribution < -0.4 is 10.6 Å². The van der Waals surface area contributed by atoms with E-state index in [1.165, 1.54) is 11.3 Å². The van der Waals surface area contributed by atoms with Gasteiger partial charge in [-0.15, -0.1) is 10.2 Å². The quantitative estimate of drug-likeness (QED) is 0.844. The second-order valence-corrected chi connectivity index (χ2v) is 5.90. The summed E-state index contributed by atoms with van der Waals surface area (Å²) in [4.78, 5) is 23.6. The fourth-order valence-electron chi connectivity index (χ4n) is 1.72. The molecule has 1 aromatic rings. The van der Waals surface area contributed by atoms with Crippen molar-refractivity contribution in [2.45, 2.75) is 38.6 Å². The Morgan fingerprint density at radius 1 is 1.50 bits per heavy atom. The Labute approximate surface area is 109 Å². The summed E-state index contributed by atoms with van der Waals surface area (Å²) in [7, 11) is 0. The number of hydrogen-bond acceptors (Lipinski definition) is 5. The molecule has 2 amide bonds. The van der Waals surface area contributed by atoms with E-state index in [0.29, 0.717) is 18.0 Å². The third kappa shape index (κ3) is 2.35. The van der Waals surface area contributed by atoms with E-state index in [0.717, 1.165) is 5.01 Å². The summed E-state index contributed by atoms with van der Waals surface area (Å²) >= 11 is 1.27. The molecule has 0 saturated carbocycles. The van der Waals surface area contributed by atoms with Gasteiger partial charge in [-0.05, 0) is 13.3 Å². The minimum absolute atomic E-state index is 0.149. The lowest BCUT2D eigenvalue weighted by Gasteiger charge is -2.21. The number of rotatable bonds is 3. The highest BCUT2D eigenvalue weighted by atomic mass is 32.1. The molecule has 1 aliphatic heterocycles. The van der Waals surface area contributed by atoms with Crippen LogP contribution in [0.25, 0.3) is 0 Å². The number of aromatic nitrogens is 2. The molecule has 1 fully saturated rings. The summed E-state index contributed by atoms with van der Waals surface area (Å²) in [5.74, 6) is -0.238. The van der Waals surface area contributed by atoms with Gasteiger partial charge in [0.25, 0.3) is 5.91 Å². The zero-order valence-electron chi connectivity index (χ0n) is 10.6. The summed E-state index contributed by atoms with van der Waals surface area (Å²) in [5.41, 5.74) is -0.833. The second kappa shape index (κ2) is 4.64. The standard InChI is InChI=1S/C11H16N4O2S/c1-6(2)8-14-15-9(18-8)7(16)13-11(3)4-5-12-10(11)17/h6H,4-5H2,1-3H3,(H,12,17)(H,13,16). The molecule has 18 heavy (non-hydrogen) atoms. The molecule has 2 heterocycles. The summed E-state index contributed by atoms with van der Waals surface area (Å²) in [6, 6.07) is 0. The van der Waals surface area contributed by atoms with Gasteiger partial charge in [0.05, 0.1) is 0 Å². The number of nitrogens with zero attached hydrogens (tertiary/aromatic N) is 2. The Hall–Kier alpha value is -1.50. The van der Waals surface area contributed by atoms with E-state index in [-0.39, 0.29) is 17.7 Å². The maximum atomic E-state index is 12.0. The molecule has 2 N–H and O–H groups in total. The highest BCUT2D eigenvalue weighted by Crippen LogP contribution is 2.20. The van der Waals surface area contributed by atoms with Crippen molar-refractivity contribution in [1.29, 1.82) is 0 Å². The zero-order valence-corrected chi connectivity index (χ0v) is 11.4. The molecule has 1 atom stereocenters. The Bertz CT molecular complexity index is 485. The molecule has 7 heteroatoms. The Balaban J connectivity index is 2.09. The normalized spacial score (nSPS) is 23.2. The average Bonchev–Trinajstić information content (AvgIpc) is 2.87. The van der Waals surface area contributed by atoms with Crippen LogP contribution in [0.4, 0.5) is 0 Å². The van der Waals surface area contributed by atoms with Crippen molar-refractivity contribution in [3.8, 4) is 0 Å². The van der Waals surface area contributed by atoms with Gasteiger partial charge in [-0.3, -0.25) is 9.59 Å². The highest BCUT2D eigenvalue weighted by molar-refractivity contribution is 7.13. The number of amides is 2. The van der Waals surface area contributed by atoms with E-state index < -0.39 is 5.54 Å². The van der Waals surface area contributed by atoms with Crippen molar-refractivity contribution in [2.75, 3.05) is 6.54 Å². The lowest BCUT2D eigenvalue weighted by Crippen LogP contribution is -2.51. The van der Waals surface area contributed by atoms with E-state index in [4.69, 9.17) is 0 Å². The van der Waals surface area contributed by atoms with Crippen LogP contribution >= 0.6 is 11.3 Å². The topological polar surface area (TPSA) is 84.0 Å². The molecule has 0 spiro atoms. The molecule has 98 valence electrons. The minimum Gasteiger partial charge on any atom is -0.354 e. The van der Waals surface area contributed by atoms with Crippen molar-refractivity contribution >= 4 is 23.2 Å². The summed E-state index contributed by atoms with van der Waals surface area (Å²) in [6.07, 6.45) is 0.591. The van der Waals surface area contributed by atoms with Gasteiger partial charge in [0.1, 0.15) is 10.5 Å². The first-order chi connectivity index (χ1) is 8.42. The summed E-state index contributed by atoms with van der Waals surface area (Å²) < 4.78 is 0. The van der Waals surface area contributed by atoms with Crippen LogP contribution in [0.2, 0.25) is 0 Å². The number of carbonyl (C=O) groups is 2. The molecule has 0 aromatic carbocycles. The SMILES string of the molecule is CC(C)c1nnc(C(=O)NC2(C)CCNC2=O)s1. The minimum atomic E-state index is -0.833. The molecule has 2 rings (SSSR count). The molecule has 1 saturated heterocycles. The van der Waals surface area contributed by atoms with Crippen molar-refractivity contribution in [2.24, 2.45) is 0 Å². The van der Waals surface area contributed by atoms with Gasteiger partial charge < -0.3 is 10.6 Å². The van der Waals surface area contributed by atoms with Gasteiger partial charge >= 0.3 is 0 Å². The second-order valence-electron chi connectivity index (χ2n) is 4.89. The van der Waals surface area contributed by atoms with E-state index in [1.807, 2.05) is 13.8 Å². The fraction of sp³-hybridized carbons (Fsp3) is 0.636. The van der Waals surface area contributed by atoms with Crippen LogP contribution in [-0.2, 0) is 4.79 Å². The number of nitrogens with one attached hydrogen (secondary N) is 2. The van der Waals surface area contributed by atoms with Crippen molar-refractivity contribution in [1.82, 2.24) is 20.8 Å². The van der Waals surface area contributed by atoms with E-state index in [9.17, 15) is 9.59 Å². The van der Waals surface area contributed by atoms with Crippen LogP contribution in [0.15, 0.2) is 0 Å². The Morgan fingerprint density at radius 2 is 2.22 bits per heavy atom. The molecule has 1 unspecified atom stereocenters. The largest absolute Gasteiger partial charge is 0.354 e. The first-order valence-electron chi connectivity index (χ1n) is 5.86. The lowest BCUT2D eigenvalue weighted by atomic mass is 10.0. The highest BCUT2D eigenvalue weighted by Gasteiger charge is 2.39. The first kappa shape index (κ1) is 12.9. The van der Waals surface area contributed by atoms with E-state index in [1.54, 1.807) is 6.92 Å². The predicted molar refractivity (Wildman–Crippen MR) is 67.5 cm³/mol. The van der Waals surface area contributed by atoms with Crippen LogP contribution in [0.5, 0.6) is 0 Å². The third-order valence-corrected chi connectivity index (χ3v) is 4.15. The molecule has 6 nitrogen and oxygen atoms in total. The molecular weight excluding hydrogens is 252 g/mol. The average molecular weight is 268 g/mol. The Morgan fingerprint density at radius 3 is 2.72 bits per heavy atom. The fourth-order valence-corrected chi connectivity index (χ4v) is 2.46. The van der Waals surface area contributed by atoms with E-state index in [2.05, 4.69) is 20.8 Å². The number of carbonyl (C=O) groups excluding carboxylic acids is 2. The smallest absolute Gasteiger partial charge is 0.283 e. The maximum absolute atomic E-state index is 12.0. The number of hydrogen-bond donors (Lipinski definition) is 2. The van der Waals surface area contributed by atoms with Gasteiger partial charge in [-0.2, -0.15) is 0 Å².